The first-order chi connectivity index (χ1) is 6.13. The lowest BCUT2D eigenvalue weighted by molar-refractivity contribution is 0.0999. The monoisotopic (exact) mass is 176 g/mol. The van der Waals surface area contributed by atoms with Crippen molar-refractivity contribution in [3.63, 3.8) is 0 Å². The van der Waals surface area contributed by atoms with Gasteiger partial charge < -0.3 is 5.11 Å². The second kappa shape index (κ2) is 2.67. The zero-order valence-corrected chi connectivity index (χ0v) is 7.58. The standard InChI is InChI=1S/C11H12O2/c1-8(12)9-4-2-3-5-10(9)11(13)6-7-11/h2-5,13H,6-7H2,1H3. The molecule has 68 valence electrons. The number of Topliss-reactive ketones (excluding diaryl/α,β-unsaturated/α-hetero) is 1. The van der Waals surface area contributed by atoms with Crippen LogP contribution >= 0.6 is 0 Å². The SMILES string of the molecule is CC(=O)c1ccccc1C1(O)CC1. The number of rotatable bonds is 2. The van der Waals surface area contributed by atoms with Crippen LogP contribution in [-0.2, 0) is 5.60 Å². The third kappa shape index (κ3) is 1.38. The first-order valence-electron chi connectivity index (χ1n) is 4.46. The molecule has 0 atom stereocenters. The zero-order valence-electron chi connectivity index (χ0n) is 7.58. The van der Waals surface area contributed by atoms with Gasteiger partial charge in [-0.05, 0) is 25.3 Å². The maximum absolute atomic E-state index is 11.2. The number of aliphatic hydroxyl groups is 1. The molecule has 0 heterocycles. The summed E-state index contributed by atoms with van der Waals surface area (Å²) in [5, 5.41) is 9.88. The summed E-state index contributed by atoms with van der Waals surface area (Å²) in [5.41, 5.74) is 0.743. The molecule has 1 aliphatic rings. The number of hydrogen-bond acceptors (Lipinski definition) is 2. The Hall–Kier alpha value is -1.15. The molecule has 13 heavy (non-hydrogen) atoms. The van der Waals surface area contributed by atoms with Gasteiger partial charge in [0.2, 0.25) is 0 Å². The van der Waals surface area contributed by atoms with Gasteiger partial charge in [-0.25, -0.2) is 0 Å². The Labute approximate surface area is 77.2 Å². The molecule has 2 rings (SSSR count). The van der Waals surface area contributed by atoms with Crippen molar-refractivity contribution in [2.24, 2.45) is 0 Å². The Morgan fingerprint density at radius 3 is 2.54 bits per heavy atom. The van der Waals surface area contributed by atoms with Gasteiger partial charge in [0.1, 0.15) is 0 Å². The van der Waals surface area contributed by atoms with Gasteiger partial charge in [-0.1, -0.05) is 24.3 Å². The number of ketones is 1. The first kappa shape index (κ1) is 8.45. The van der Waals surface area contributed by atoms with Gasteiger partial charge in [-0.15, -0.1) is 0 Å². The lowest BCUT2D eigenvalue weighted by atomic mass is 9.98. The van der Waals surface area contributed by atoms with Gasteiger partial charge in [-0.3, -0.25) is 4.79 Å². The molecule has 2 heteroatoms. The molecule has 0 aromatic heterocycles. The molecule has 1 fully saturated rings. The molecule has 0 spiro atoms. The minimum atomic E-state index is -0.706. The van der Waals surface area contributed by atoms with Gasteiger partial charge in [0.05, 0.1) is 5.60 Å². The highest BCUT2D eigenvalue weighted by molar-refractivity contribution is 5.96. The lowest BCUT2D eigenvalue weighted by Crippen LogP contribution is -2.10. The van der Waals surface area contributed by atoms with Crippen LogP contribution < -0.4 is 0 Å². The molecule has 1 aliphatic carbocycles. The van der Waals surface area contributed by atoms with Crippen molar-refractivity contribution < 1.29 is 9.90 Å². The van der Waals surface area contributed by atoms with E-state index in [2.05, 4.69) is 0 Å². The number of hydrogen-bond donors (Lipinski definition) is 1. The van der Waals surface area contributed by atoms with Crippen LogP contribution in [0.1, 0.15) is 35.7 Å². The molecule has 1 saturated carbocycles. The van der Waals surface area contributed by atoms with E-state index >= 15 is 0 Å². The Kier molecular flexibility index (Phi) is 1.74. The van der Waals surface area contributed by atoms with E-state index < -0.39 is 5.60 Å². The second-order valence-corrected chi connectivity index (χ2v) is 3.63. The van der Waals surface area contributed by atoms with Crippen molar-refractivity contribution in [3.8, 4) is 0 Å². The Morgan fingerprint density at radius 1 is 1.38 bits per heavy atom. The first-order valence-corrected chi connectivity index (χ1v) is 4.46. The molecule has 1 N–H and O–H groups in total. The summed E-state index contributed by atoms with van der Waals surface area (Å²) in [6, 6.07) is 7.29. The van der Waals surface area contributed by atoms with E-state index in [0.717, 1.165) is 18.4 Å². The summed E-state index contributed by atoms with van der Waals surface area (Å²) in [5.74, 6) is 0.0240. The summed E-state index contributed by atoms with van der Waals surface area (Å²) >= 11 is 0. The quantitative estimate of drug-likeness (QED) is 0.698. The Morgan fingerprint density at radius 2 is 2.00 bits per heavy atom. The molecular weight excluding hydrogens is 164 g/mol. The van der Waals surface area contributed by atoms with Crippen LogP contribution in [-0.4, -0.2) is 10.9 Å². The molecule has 0 bridgehead atoms. The summed E-state index contributed by atoms with van der Waals surface area (Å²) < 4.78 is 0. The number of carbonyl (C=O) groups excluding carboxylic acids is 1. The summed E-state index contributed by atoms with van der Waals surface area (Å²) in [6.07, 6.45) is 1.55. The minimum Gasteiger partial charge on any atom is -0.385 e. The fraction of sp³-hybridized carbons (Fsp3) is 0.364. The highest BCUT2D eigenvalue weighted by Crippen LogP contribution is 2.46. The summed E-state index contributed by atoms with van der Waals surface area (Å²) in [4.78, 5) is 11.2. The molecule has 0 amide bonds. The van der Waals surface area contributed by atoms with Crippen LogP contribution in [0.15, 0.2) is 24.3 Å². The molecule has 2 nitrogen and oxygen atoms in total. The largest absolute Gasteiger partial charge is 0.385 e. The molecule has 0 aliphatic heterocycles. The average molecular weight is 176 g/mol. The second-order valence-electron chi connectivity index (χ2n) is 3.63. The van der Waals surface area contributed by atoms with Crippen molar-refractivity contribution in [2.45, 2.75) is 25.4 Å². The van der Waals surface area contributed by atoms with Crippen molar-refractivity contribution in [3.05, 3.63) is 35.4 Å². The fourth-order valence-corrected chi connectivity index (χ4v) is 1.58. The molecule has 0 radical (unpaired) electrons. The van der Waals surface area contributed by atoms with E-state index in [0.29, 0.717) is 5.56 Å². The number of benzene rings is 1. The average Bonchev–Trinajstić information content (AvgIpc) is 2.85. The van der Waals surface area contributed by atoms with E-state index in [1.165, 1.54) is 6.92 Å². The van der Waals surface area contributed by atoms with E-state index in [9.17, 15) is 9.90 Å². The zero-order chi connectivity index (χ0) is 9.47. The summed E-state index contributed by atoms with van der Waals surface area (Å²) in [7, 11) is 0. The van der Waals surface area contributed by atoms with E-state index in [1.54, 1.807) is 6.07 Å². The smallest absolute Gasteiger partial charge is 0.160 e. The van der Waals surface area contributed by atoms with Gasteiger partial charge in [0.25, 0.3) is 0 Å². The Bertz CT molecular complexity index is 351. The predicted molar refractivity (Wildman–Crippen MR) is 49.6 cm³/mol. The van der Waals surface area contributed by atoms with Crippen molar-refractivity contribution in [1.82, 2.24) is 0 Å². The molecule has 1 aromatic carbocycles. The third-order valence-electron chi connectivity index (χ3n) is 2.53. The van der Waals surface area contributed by atoms with E-state index in [-0.39, 0.29) is 5.78 Å². The molecule has 0 unspecified atom stereocenters. The van der Waals surface area contributed by atoms with E-state index in [1.807, 2.05) is 18.2 Å². The summed E-state index contributed by atoms with van der Waals surface area (Å²) in [6.45, 7) is 1.53. The van der Waals surface area contributed by atoms with Crippen LogP contribution in [0, 0.1) is 0 Å². The van der Waals surface area contributed by atoms with Crippen LogP contribution in [0.2, 0.25) is 0 Å². The van der Waals surface area contributed by atoms with Crippen LogP contribution in [0.5, 0.6) is 0 Å². The lowest BCUT2D eigenvalue weighted by Gasteiger charge is -2.11. The van der Waals surface area contributed by atoms with Gasteiger partial charge >= 0.3 is 0 Å². The maximum Gasteiger partial charge on any atom is 0.160 e. The highest BCUT2D eigenvalue weighted by Gasteiger charge is 2.43. The van der Waals surface area contributed by atoms with Gasteiger partial charge in [0, 0.05) is 5.56 Å². The minimum absolute atomic E-state index is 0.0240. The topological polar surface area (TPSA) is 37.3 Å². The van der Waals surface area contributed by atoms with Crippen molar-refractivity contribution in [1.29, 1.82) is 0 Å². The van der Waals surface area contributed by atoms with Crippen LogP contribution in [0.4, 0.5) is 0 Å². The van der Waals surface area contributed by atoms with Crippen molar-refractivity contribution >= 4 is 5.78 Å². The van der Waals surface area contributed by atoms with Crippen LogP contribution in [0.3, 0.4) is 0 Å². The van der Waals surface area contributed by atoms with Crippen LogP contribution in [0.25, 0.3) is 0 Å². The molecule has 0 saturated heterocycles. The number of carbonyl (C=O) groups is 1. The highest BCUT2D eigenvalue weighted by atomic mass is 16.3. The Balaban J connectivity index is 2.50. The third-order valence-corrected chi connectivity index (χ3v) is 2.53. The van der Waals surface area contributed by atoms with Gasteiger partial charge in [0.15, 0.2) is 5.78 Å². The molecule has 1 aromatic rings. The van der Waals surface area contributed by atoms with Gasteiger partial charge in [-0.2, -0.15) is 0 Å². The van der Waals surface area contributed by atoms with Crippen molar-refractivity contribution in [2.75, 3.05) is 0 Å². The normalized spacial score (nSPS) is 18.3. The predicted octanol–water partition coefficient (Wildman–Crippen LogP) is 1.87. The van der Waals surface area contributed by atoms with E-state index in [4.69, 9.17) is 0 Å². The molecular formula is C11H12O2. The fourth-order valence-electron chi connectivity index (χ4n) is 1.58. The maximum atomic E-state index is 11.2.